The molecule has 0 aliphatic heterocycles. The molecule has 1 aromatic rings. The topological polar surface area (TPSA) is 29.1 Å². The van der Waals surface area contributed by atoms with Gasteiger partial charge in [-0.1, -0.05) is 29.8 Å². The molecule has 0 fully saturated rings. The van der Waals surface area contributed by atoms with E-state index in [0.29, 0.717) is 5.02 Å². The number of carbonyl (C=O) groups excluding carboxylic acids is 1. The summed E-state index contributed by atoms with van der Waals surface area (Å²) in [7, 11) is 0. The third-order valence-electron chi connectivity index (χ3n) is 1.89. The highest BCUT2D eigenvalue weighted by atomic mass is 35.5. The lowest BCUT2D eigenvalue weighted by Crippen LogP contribution is -2.27. The van der Waals surface area contributed by atoms with Crippen LogP contribution in [0.15, 0.2) is 24.3 Å². The molecule has 0 saturated heterocycles. The number of hydrogen-bond acceptors (Lipinski definition) is 2. The molecular formula is C10H12ClNOS. The summed E-state index contributed by atoms with van der Waals surface area (Å²) in [5, 5.41) is 3.45. The molecule has 1 aromatic carbocycles. The fourth-order valence-corrected chi connectivity index (χ4v) is 1.58. The first-order valence-corrected chi connectivity index (χ1v) is 5.31. The van der Waals surface area contributed by atoms with Gasteiger partial charge in [-0.2, -0.15) is 12.6 Å². The van der Waals surface area contributed by atoms with E-state index >= 15 is 0 Å². The predicted octanol–water partition coefficient (Wildman–Crippen LogP) is 2.45. The Balaban J connectivity index is 2.74. The molecule has 4 heteroatoms. The Hall–Kier alpha value is -0.670. The van der Waals surface area contributed by atoms with Crippen molar-refractivity contribution in [3.8, 4) is 0 Å². The van der Waals surface area contributed by atoms with Crippen molar-refractivity contribution in [3.05, 3.63) is 34.9 Å². The molecular weight excluding hydrogens is 218 g/mol. The SMILES string of the molecule is CC(NC(=O)CS)c1ccccc1Cl. The second kappa shape index (κ2) is 5.27. The van der Waals surface area contributed by atoms with Gasteiger partial charge in [-0.3, -0.25) is 4.79 Å². The van der Waals surface area contributed by atoms with Gasteiger partial charge >= 0.3 is 0 Å². The number of amides is 1. The van der Waals surface area contributed by atoms with Crippen LogP contribution in [0, 0.1) is 0 Å². The number of nitrogens with one attached hydrogen (secondary N) is 1. The van der Waals surface area contributed by atoms with E-state index in [9.17, 15) is 4.79 Å². The number of halogens is 1. The number of hydrogen-bond donors (Lipinski definition) is 2. The van der Waals surface area contributed by atoms with Gasteiger partial charge in [-0.25, -0.2) is 0 Å². The summed E-state index contributed by atoms with van der Waals surface area (Å²) in [5.41, 5.74) is 0.921. The lowest BCUT2D eigenvalue weighted by molar-refractivity contribution is -0.119. The largest absolute Gasteiger partial charge is 0.349 e. The quantitative estimate of drug-likeness (QED) is 0.766. The summed E-state index contributed by atoms with van der Waals surface area (Å²) in [5.74, 6) is 0.0928. The van der Waals surface area contributed by atoms with Crippen molar-refractivity contribution < 1.29 is 4.79 Å². The first-order valence-electron chi connectivity index (χ1n) is 4.29. The summed E-state index contributed by atoms with van der Waals surface area (Å²) in [4.78, 5) is 11.1. The molecule has 14 heavy (non-hydrogen) atoms. The van der Waals surface area contributed by atoms with Gasteiger partial charge in [0.1, 0.15) is 0 Å². The Morgan fingerprint density at radius 1 is 1.57 bits per heavy atom. The Labute approximate surface area is 94.1 Å². The highest BCUT2D eigenvalue weighted by Crippen LogP contribution is 2.21. The standard InChI is InChI=1S/C10H12ClNOS/c1-7(12-10(13)6-14)8-4-2-3-5-9(8)11/h2-5,7,14H,6H2,1H3,(H,12,13). The average Bonchev–Trinajstić information content (AvgIpc) is 2.18. The van der Waals surface area contributed by atoms with Crippen LogP contribution in [-0.4, -0.2) is 11.7 Å². The average molecular weight is 230 g/mol. The highest BCUT2D eigenvalue weighted by molar-refractivity contribution is 7.81. The van der Waals surface area contributed by atoms with Gasteiger partial charge < -0.3 is 5.32 Å². The summed E-state index contributed by atoms with van der Waals surface area (Å²) >= 11 is 9.86. The fraction of sp³-hybridized carbons (Fsp3) is 0.300. The third-order valence-corrected chi connectivity index (χ3v) is 2.52. The molecule has 0 heterocycles. The van der Waals surface area contributed by atoms with E-state index in [2.05, 4.69) is 17.9 Å². The number of carbonyl (C=O) groups is 1. The Morgan fingerprint density at radius 3 is 2.79 bits per heavy atom. The first kappa shape index (κ1) is 11.4. The minimum absolute atomic E-state index is 0.0802. The zero-order valence-corrected chi connectivity index (χ0v) is 9.48. The molecule has 0 bridgehead atoms. The predicted molar refractivity (Wildman–Crippen MR) is 61.9 cm³/mol. The molecule has 1 rings (SSSR count). The van der Waals surface area contributed by atoms with E-state index < -0.39 is 0 Å². The second-order valence-corrected chi connectivity index (χ2v) is 3.69. The molecule has 1 atom stereocenters. The van der Waals surface area contributed by atoms with E-state index in [0.717, 1.165) is 5.56 Å². The van der Waals surface area contributed by atoms with Crippen LogP contribution in [0.5, 0.6) is 0 Å². The Morgan fingerprint density at radius 2 is 2.21 bits per heavy atom. The molecule has 0 aromatic heterocycles. The maximum atomic E-state index is 11.1. The highest BCUT2D eigenvalue weighted by Gasteiger charge is 2.10. The van der Waals surface area contributed by atoms with Gasteiger partial charge in [-0.05, 0) is 18.6 Å². The molecule has 1 unspecified atom stereocenters. The molecule has 0 spiro atoms. The van der Waals surface area contributed by atoms with Gasteiger partial charge in [0, 0.05) is 5.02 Å². The van der Waals surface area contributed by atoms with Crippen LogP contribution in [0.4, 0.5) is 0 Å². The minimum Gasteiger partial charge on any atom is -0.349 e. The lowest BCUT2D eigenvalue weighted by atomic mass is 10.1. The molecule has 0 saturated carbocycles. The van der Waals surface area contributed by atoms with Crippen molar-refractivity contribution in [3.63, 3.8) is 0 Å². The normalized spacial score (nSPS) is 12.2. The first-order chi connectivity index (χ1) is 6.65. The lowest BCUT2D eigenvalue weighted by Gasteiger charge is -2.14. The van der Waals surface area contributed by atoms with E-state index in [1.807, 2.05) is 25.1 Å². The van der Waals surface area contributed by atoms with Gasteiger partial charge in [0.15, 0.2) is 0 Å². The van der Waals surface area contributed by atoms with Crippen molar-refractivity contribution in [2.24, 2.45) is 0 Å². The van der Waals surface area contributed by atoms with E-state index in [1.165, 1.54) is 0 Å². The smallest absolute Gasteiger partial charge is 0.230 e. The maximum Gasteiger partial charge on any atom is 0.230 e. The summed E-state index contributed by atoms with van der Waals surface area (Å²) < 4.78 is 0. The van der Waals surface area contributed by atoms with Crippen molar-refractivity contribution in [1.29, 1.82) is 0 Å². The van der Waals surface area contributed by atoms with Crippen molar-refractivity contribution in [2.75, 3.05) is 5.75 Å². The van der Waals surface area contributed by atoms with Crippen LogP contribution in [-0.2, 0) is 4.79 Å². The summed E-state index contributed by atoms with van der Waals surface area (Å²) in [6.07, 6.45) is 0. The van der Waals surface area contributed by atoms with Gasteiger partial charge in [-0.15, -0.1) is 0 Å². The van der Waals surface area contributed by atoms with Crippen molar-refractivity contribution in [2.45, 2.75) is 13.0 Å². The van der Waals surface area contributed by atoms with Gasteiger partial charge in [0.2, 0.25) is 5.91 Å². The van der Waals surface area contributed by atoms with Crippen molar-refractivity contribution >= 4 is 30.1 Å². The summed E-state index contributed by atoms with van der Waals surface area (Å²) in [6.45, 7) is 1.89. The van der Waals surface area contributed by atoms with Crippen molar-refractivity contribution in [1.82, 2.24) is 5.32 Å². The minimum atomic E-state index is -0.0965. The Kier molecular flexibility index (Phi) is 4.29. The molecule has 76 valence electrons. The number of thiol groups is 1. The van der Waals surface area contributed by atoms with Crippen LogP contribution >= 0.6 is 24.2 Å². The van der Waals surface area contributed by atoms with Crippen LogP contribution in [0.1, 0.15) is 18.5 Å². The van der Waals surface area contributed by atoms with Gasteiger partial charge in [0.25, 0.3) is 0 Å². The number of benzene rings is 1. The molecule has 2 nitrogen and oxygen atoms in total. The second-order valence-electron chi connectivity index (χ2n) is 2.97. The zero-order valence-electron chi connectivity index (χ0n) is 7.83. The molecule has 1 N–H and O–H groups in total. The molecule has 0 aliphatic rings. The van der Waals surface area contributed by atoms with Crippen LogP contribution in [0.3, 0.4) is 0 Å². The van der Waals surface area contributed by atoms with Crippen LogP contribution < -0.4 is 5.32 Å². The zero-order chi connectivity index (χ0) is 10.6. The van der Waals surface area contributed by atoms with Gasteiger partial charge in [0.05, 0.1) is 11.8 Å². The van der Waals surface area contributed by atoms with Crippen LogP contribution in [0.2, 0.25) is 5.02 Å². The third kappa shape index (κ3) is 2.93. The molecule has 1 amide bonds. The number of rotatable bonds is 3. The Bertz CT molecular complexity index is 330. The maximum absolute atomic E-state index is 11.1. The molecule has 0 aliphatic carbocycles. The van der Waals surface area contributed by atoms with Crippen LogP contribution in [0.25, 0.3) is 0 Å². The summed E-state index contributed by atoms with van der Waals surface area (Å²) in [6, 6.07) is 7.37. The van der Waals surface area contributed by atoms with E-state index in [1.54, 1.807) is 6.07 Å². The van der Waals surface area contributed by atoms with E-state index in [4.69, 9.17) is 11.6 Å². The molecule has 0 radical (unpaired) electrons. The van der Waals surface area contributed by atoms with E-state index in [-0.39, 0.29) is 17.7 Å². The fourth-order valence-electron chi connectivity index (χ4n) is 1.19. The monoisotopic (exact) mass is 229 g/mol.